The molecule has 0 heterocycles. The minimum atomic E-state index is -0.421. The van der Waals surface area contributed by atoms with Gasteiger partial charge in [-0.3, -0.25) is 9.59 Å². The van der Waals surface area contributed by atoms with Gasteiger partial charge in [-0.2, -0.15) is 0 Å². The van der Waals surface area contributed by atoms with Crippen LogP contribution in [0.3, 0.4) is 0 Å². The molecule has 0 aromatic heterocycles. The van der Waals surface area contributed by atoms with Crippen LogP contribution in [0.2, 0.25) is 0 Å². The van der Waals surface area contributed by atoms with Crippen LogP contribution in [0.15, 0.2) is 18.2 Å². The van der Waals surface area contributed by atoms with Crippen molar-refractivity contribution in [1.29, 1.82) is 0 Å². The number of fused-ring (bicyclic) bond motifs is 1. The van der Waals surface area contributed by atoms with Gasteiger partial charge in [-0.05, 0) is 29.7 Å². The Morgan fingerprint density at radius 2 is 2.04 bits per heavy atom. The molecule has 0 saturated heterocycles. The zero-order valence-corrected chi connectivity index (χ0v) is 16.9. The van der Waals surface area contributed by atoms with Crippen LogP contribution in [0, 0.1) is 0 Å². The molecule has 6 nitrogen and oxygen atoms in total. The molecule has 2 rings (SSSR count). The van der Waals surface area contributed by atoms with Crippen LogP contribution in [0.5, 0.6) is 0 Å². The van der Waals surface area contributed by atoms with Crippen molar-refractivity contribution < 1.29 is 14.3 Å². The van der Waals surface area contributed by atoms with Gasteiger partial charge in [0.1, 0.15) is 0 Å². The lowest BCUT2D eigenvalue weighted by Gasteiger charge is -2.45. The maximum atomic E-state index is 12.0. The minimum absolute atomic E-state index is 0.00455. The van der Waals surface area contributed by atoms with Crippen molar-refractivity contribution in [3.05, 3.63) is 34.9 Å². The minimum Gasteiger partial charge on any atom is -0.379 e. The van der Waals surface area contributed by atoms with Gasteiger partial charge >= 0.3 is 0 Å². The lowest BCUT2D eigenvalue weighted by molar-refractivity contribution is -0.121. The summed E-state index contributed by atoms with van der Waals surface area (Å²) in [6.45, 7) is 7.69. The molecule has 1 aliphatic carbocycles. The monoisotopic (exact) mass is 375 g/mol. The Labute approximate surface area is 162 Å². The summed E-state index contributed by atoms with van der Waals surface area (Å²) in [6, 6.07) is 5.68. The van der Waals surface area contributed by atoms with Crippen molar-refractivity contribution in [2.75, 3.05) is 20.2 Å². The number of hydrogen-bond acceptors (Lipinski definition) is 4. The van der Waals surface area contributed by atoms with E-state index in [1.807, 2.05) is 12.1 Å². The number of nitrogens with two attached hydrogens (primary N) is 1. The van der Waals surface area contributed by atoms with Crippen LogP contribution in [0.4, 0.5) is 0 Å². The Hall–Kier alpha value is -1.92. The third-order valence-corrected chi connectivity index (χ3v) is 5.53. The van der Waals surface area contributed by atoms with E-state index in [0.29, 0.717) is 18.5 Å². The molecule has 2 atom stereocenters. The number of ether oxygens (including phenoxy) is 1. The van der Waals surface area contributed by atoms with E-state index in [-0.39, 0.29) is 23.5 Å². The molecule has 0 aliphatic heterocycles. The van der Waals surface area contributed by atoms with Crippen molar-refractivity contribution in [3.63, 3.8) is 0 Å². The molecule has 0 spiro atoms. The largest absolute Gasteiger partial charge is 0.379 e. The van der Waals surface area contributed by atoms with Gasteiger partial charge in [-0.15, -0.1) is 0 Å². The maximum absolute atomic E-state index is 12.0. The van der Waals surface area contributed by atoms with Crippen LogP contribution in [-0.2, 0) is 21.4 Å². The van der Waals surface area contributed by atoms with Gasteiger partial charge in [0, 0.05) is 50.1 Å². The zero-order chi connectivity index (χ0) is 20.0. The number of hydrogen-bond donors (Lipinski definition) is 3. The number of rotatable bonds is 9. The van der Waals surface area contributed by atoms with E-state index in [2.05, 4.69) is 31.4 Å². The van der Waals surface area contributed by atoms with Gasteiger partial charge in [0.25, 0.3) is 0 Å². The highest BCUT2D eigenvalue weighted by molar-refractivity contribution is 5.93. The molecule has 1 aliphatic rings. The second-order valence-electron chi connectivity index (χ2n) is 7.82. The fraction of sp³-hybridized carbons (Fsp3) is 0.619. The van der Waals surface area contributed by atoms with Gasteiger partial charge in [0.05, 0.1) is 6.10 Å². The van der Waals surface area contributed by atoms with Crippen molar-refractivity contribution >= 4 is 11.8 Å². The smallest absolute Gasteiger partial charge is 0.248 e. The average Bonchev–Trinajstić information content (AvgIpc) is 2.63. The number of primary amides is 1. The Kier molecular flexibility index (Phi) is 7.39. The predicted molar refractivity (Wildman–Crippen MR) is 107 cm³/mol. The SMILES string of the molecule is CCCCNC(=O)CCNC1C(OC)Cc2ccc(C(N)=O)cc2C1(C)C. The summed E-state index contributed by atoms with van der Waals surface area (Å²) >= 11 is 0. The maximum Gasteiger partial charge on any atom is 0.248 e. The first-order chi connectivity index (χ1) is 12.8. The molecule has 27 heavy (non-hydrogen) atoms. The molecule has 4 N–H and O–H groups in total. The molecule has 0 bridgehead atoms. The first-order valence-electron chi connectivity index (χ1n) is 9.77. The fourth-order valence-corrected chi connectivity index (χ4v) is 3.91. The van der Waals surface area contributed by atoms with E-state index >= 15 is 0 Å². The quantitative estimate of drug-likeness (QED) is 0.575. The highest BCUT2D eigenvalue weighted by Crippen LogP contribution is 2.38. The number of amides is 2. The van der Waals surface area contributed by atoms with Gasteiger partial charge in [0.2, 0.25) is 11.8 Å². The summed E-state index contributed by atoms with van der Waals surface area (Å²) in [4.78, 5) is 23.5. The highest BCUT2D eigenvalue weighted by Gasteiger charge is 2.42. The fourth-order valence-electron chi connectivity index (χ4n) is 3.91. The van der Waals surface area contributed by atoms with Crippen LogP contribution in [0.1, 0.15) is 61.5 Å². The number of methoxy groups -OCH3 is 1. The van der Waals surface area contributed by atoms with E-state index in [9.17, 15) is 9.59 Å². The molecule has 0 fully saturated rings. The van der Waals surface area contributed by atoms with E-state index in [1.54, 1.807) is 13.2 Å². The highest BCUT2D eigenvalue weighted by atomic mass is 16.5. The second-order valence-corrected chi connectivity index (χ2v) is 7.82. The zero-order valence-electron chi connectivity index (χ0n) is 16.9. The van der Waals surface area contributed by atoms with Crippen LogP contribution >= 0.6 is 0 Å². The molecular weight excluding hydrogens is 342 g/mol. The Balaban J connectivity index is 2.10. The van der Waals surface area contributed by atoms with Crippen LogP contribution < -0.4 is 16.4 Å². The third kappa shape index (κ3) is 5.08. The van der Waals surface area contributed by atoms with E-state index in [1.165, 1.54) is 5.56 Å². The summed E-state index contributed by atoms with van der Waals surface area (Å²) in [5.41, 5.74) is 8.00. The van der Waals surface area contributed by atoms with Crippen molar-refractivity contribution in [2.24, 2.45) is 5.73 Å². The Morgan fingerprint density at radius 1 is 1.30 bits per heavy atom. The van der Waals surface area contributed by atoms with Crippen LogP contribution in [-0.4, -0.2) is 44.2 Å². The topological polar surface area (TPSA) is 93.4 Å². The molecule has 2 amide bonds. The number of carbonyl (C=O) groups excluding carboxylic acids is 2. The lowest BCUT2D eigenvalue weighted by Crippen LogP contribution is -2.57. The number of nitrogens with one attached hydrogen (secondary N) is 2. The summed E-state index contributed by atoms with van der Waals surface area (Å²) in [5, 5.41) is 6.46. The first-order valence-corrected chi connectivity index (χ1v) is 9.77. The van der Waals surface area contributed by atoms with E-state index in [4.69, 9.17) is 10.5 Å². The van der Waals surface area contributed by atoms with Crippen LogP contribution in [0.25, 0.3) is 0 Å². The van der Waals surface area contributed by atoms with E-state index in [0.717, 1.165) is 31.4 Å². The van der Waals surface area contributed by atoms with Crippen molar-refractivity contribution in [1.82, 2.24) is 10.6 Å². The molecule has 1 aromatic rings. The summed E-state index contributed by atoms with van der Waals surface area (Å²) in [6.07, 6.45) is 3.25. The number of carbonyl (C=O) groups is 2. The molecule has 150 valence electrons. The average molecular weight is 376 g/mol. The molecule has 2 unspecified atom stereocenters. The van der Waals surface area contributed by atoms with Crippen molar-refractivity contribution in [2.45, 2.75) is 64.0 Å². The van der Waals surface area contributed by atoms with E-state index < -0.39 is 5.91 Å². The Morgan fingerprint density at radius 3 is 2.67 bits per heavy atom. The van der Waals surface area contributed by atoms with Gasteiger partial charge < -0.3 is 21.1 Å². The number of unbranched alkanes of at least 4 members (excludes halogenated alkanes) is 1. The van der Waals surface area contributed by atoms with Gasteiger partial charge in [-0.25, -0.2) is 0 Å². The molecule has 0 radical (unpaired) electrons. The molecule has 6 heteroatoms. The van der Waals surface area contributed by atoms with Gasteiger partial charge in [0.15, 0.2) is 0 Å². The summed E-state index contributed by atoms with van der Waals surface area (Å²) in [7, 11) is 1.72. The third-order valence-electron chi connectivity index (χ3n) is 5.53. The summed E-state index contributed by atoms with van der Waals surface area (Å²) < 4.78 is 5.76. The normalized spacial score (nSPS) is 20.7. The molecule has 0 saturated carbocycles. The van der Waals surface area contributed by atoms with Gasteiger partial charge in [-0.1, -0.05) is 33.3 Å². The lowest BCUT2D eigenvalue weighted by atomic mass is 9.67. The Bertz CT molecular complexity index is 673. The van der Waals surface area contributed by atoms with Crippen molar-refractivity contribution in [3.8, 4) is 0 Å². The summed E-state index contributed by atoms with van der Waals surface area (Å²) in [5.74, 6) is -0.356. The number of benzene rings is 1. The predicted octanol–water partition coefficient (Wildman–Crippen LogP) is 1.90. The molecular formula is C21H33N3O3. The standard InChI is InChI=1S/C21H33N3O3/c1-5-6-10-23-18(25)9-11-24-19-17(27-4)13-14-7-8-15(20(22)26)12-16(14)21(19,2)3/h7-8,12,17,19,24H,5-6,9-11,13H2,1-4H3,(H2,22,26)(H,23,25). The second kappa shape index (κ2) is 9.33. The molecule has 1 aromatic carbocycles. The first kappa shape index (κ1) is 21.4.